The highest BCUT2D eigenvalue weighted by Gasteiger charge is 2.36. The van der Waals surface area contributed by atoms with Crippen LogP contribution in [-0.2, 0) is 4.79 Å². The first-order chi connectivity index (χ1) is 15.5. The molecule has 8 nitrogen and oxygen atoms in total. The zero-order chi connectivity index (χ0) is 22.7. The summed E-state index contributed by atoms with van der Waals surface area (Å²) >= 11 is 0. The Labute approximate surface area is 186 Å². The number of halogens is 1. The molecule has 0 saturated carbocycles. The van der Waals surface area contributed by atoms with E-state index in [1.165, 1.54) is 4.90 Å². The van der Waals surface area contributed by atoms with E-state index in [1.54, 1.807) is 19.3 Å². The Morgan fingerprint density at radius 2 is 2.06 bits per heavy atom. The van der Waals surface area contributed by atoms with Crippen LogP contribution in [0, 0.1) is 11.3 Å². The van der Waals surface area contributed by atoms with Gasteiger partial charge in [0.2, 0.25) is 5.91 Å². The molecule has 0 spiro atoms. The molecule has 2 aromatic rings. The summed E-state index contributed by atoms with van der Waals surface area (Å²) in [5.41, 5.74) is 2.12. The number of rotatable bonds is 5. The van der Waals surface area contributed by atoms with Crippen LogP contribution in [-0.4, -0.2) is 78.1 Å². The fourth-order valence-electron chi connectivity index (χ4n) is 4.54. The van der Waals surface area contributed by atoms with Crippen molar-refractivity contribution in [1.82, 2.24) is 20.1 Å². The fraction of sp³-hybridized carbons (Fsp3) is 0.478. The molecule has 2 atom stereocenters. The lowest BCUT2D eigenvalue weighted by atomic mass is 10.0. The van der Waals surface area contributed by atoms with E-state index in [0.717, 1.165) is 37.0 Å². The highest BCUT2D eigenvalue weighted by Crippen LogP contribution is 2.27. The second-order valence-corrected chi connectivity index (χ2v) is 8.36. The molecule has 4 rings (SSSR count). The summed E-state index contributed by atoms with van der Waals surface area (Å²) in [5, 5.41) is 16.3. The van der Waals surface area contributed by atoms with Crippen molar-refractivity contribution < 1.29 is 14.0 Å². The van der Waals surface area contributed by atoms with Gasteiger partial charge in [-0.05, 0) is 37.1 Å². The highest BCUT2D eigenvalue weighted by molar-refractivity contribution is 6.08. The van der Waals surface area contributed by atoms with E-state index in [4.69, 9.17) is 5.26 Å². The minimum absolute atomic E-state index is 0.0161. The Morgan fingerprint density at radius 3 is 2.78 bits per heavy atom. The quantitative estimate of drug-likeness (QED) is 0.740. The van der Waals surface area contributed by atoms with Gasteiger partial charge in [-0.1, -0.05) is 0 Å². The number of likely N-dealkylation sites (tertiary alicyclic amines) is 2. The summed E-state index contributed by atoms with van der Waals surface area (Å²) < 4.78 is 13.6. The molecule has 3 heterocycles. The summed E-state index contributed by atoms with van der Waals surface area (Å²) in [6.45, 7) is 1.70. The van der Waals surface area contributed by atoms with Crippen LogP contribution in [0.4, 0.5) is 10.1 Å². The highest BCUT2D eigenvalue weighted by atomic mass is 19.1. The number of alkyl halides is 1. The molecule has 0 aliphatic carbocycles. The summed E-state index contributed by atoms with van der Waals surface area (Å²) in [6, 6.07) is 9.10. The smallest absolute Gasteiger partial charge is 0.253 e. The number of hydrogen-bond acceptors (Lipinski definition) is 6. The first-order valence-electron chi connectivity index (χ1n) is 10.9. The van der Waals surface area contributed by atoms with Crippen molar-refractivity contribution in [3.63, 3.8) is 0 Å². The second kappa shape index (κ2) is 9.49. The number of nitriles is 1. The molecule has 2 N–H and O–H groups in total. The average molecular weight is 439 g/mol. The van der Waals surface area contributed by atoms with Crippen molar-refractivity contribution in [2.24, 2.45) is 0 Å². The molecule has 9 heteroatoms. The number of hydrogen-bond donors (Lipinski definition) is 2. The third-order valence-corrected chi connectivity index (χ3v) is 6.27. The van der Waals surface area contributed by atoms with Crippen LogP contribution in [0.1, 0.15) is 29.6 Å². The molecule has 2 aliphatic heterocycles. The summed E-state index contributed by atoms with van der Waals surface area (Å²) in [5.74, 6) is -0.348. The number of benzene rings is 1. The Morgan fingerprint density at radius 1 is 1.28 bits per heavy atom. The predicted molar refractivity (Wildman–Crippen MR) is 119 cm³/mol. The molecule has 2 fully saturated rings. The molecule has 168 valence electrons. The molecule has 2 saturated heterocycles. The molecule has 0 bridgehead atoms. The van der Waals surface area contributed by atoms with Gasteiger partial charge in [0.1, 0.15) is 12.2 Å². The van der Waals surface area contributed by atoms with Crippen molar-refractivity contribution in [2.75, 3.05) is 38.5 Å². The van der Waals surface area contributed by atoms with E-state index in [9.17, 15) is 14.0 Å². The number of piperidine rings is 1. The minimum Gasteiger partial charge on any atom is -0.382 e. The first kappa shape index (κ1) is 22.0. The zero-order valence-corrected chi connectivity index (χ0v) is 18.1. The normalized spacial score (nSPS) is 22.0. The maximum atomic E-state index is 13.6. The van der Waals surface area contributed by atoms with Gasteiger partial charge in [0.05, 0.1) is 30.2 Å². The van der Waals surface area contributed by atoms with Crippen LogP contribution in [0.5, 0.6) is 0 Å². The van der Waals surface area contributed by atoms with Gasteiger partial charge in [-0.25, -0.2) is 4.39 Å². The van der Waals surface area contributed by atoms with Crippen LogP contribution < -0.4 is 10.6 Å². The number of fused-ring (bicyclic) bond motifs is 1. The standard InChI is InChI=1S/C23H27FN6O2/c1-26-23(32)19-4-5-20(18-3-2-8-27-22(18)19)28-16-6-9-29(10-7-16)14-21(31)30-13-15(24)11-17(30)12-25/h2-5,8,15-17,28H,6-7,9-11,13-14H2,1H3,(H,26,32)/t15-,17?/m0/s1. The third-order valence-electron chi connectivity index (χ3n) is 6.27. The summed E-state index contributed by atoms with van der Waals surface area (Å²) in [6.07, 6.45) is 2.36. The van der Waals surface area contributed by atoms with Gasteiger partial charge in [0.25, 0.3) is 5.91 Å². The molecule has 2 aliphatic rings. The van der Waals surface area contributed by atoms with Gasteiger partial charge in [0, 0.05) is 49.9 Å². The SMILES string of the molecule is CNC(=O)c1ccc(NC2CCN(CC(=O)N3C[C@@H](F)CC3C#N)CC2)c2cccnc12. The maximum absolute atomic E-state index is 13.6. The van der Waals surface area contributed by atoms with Crippen molar-refractivity contribution in [3.8, 4) is 6.07 Å². The van der Waals surface area contributed by atoms with Crippen molar-refractivity contribution >= 4 is 28.4 Å². The molecule has 0 radical (unpaired) electrons. The van der Waals surface area contributed by atoms with Crippen LogP contribution in [0.3, 0.4) is 0 Å². The fourth-order valence-corrected chi connectivity index (χ4v) is 4.54. The van der Waals surface area contributed by atoms with Crippen LogP contribution in [0.2, 0.25) is 0 Å². The van der Waals surface area contributed by atoms with E-state index < -0.39 is 12.2 Å². The number of aromatic nitrogens is 1. The molecular formula is C23H27FN6O2. The van der Waals surface area contributed by atoms with Gasteiger partial charge >= 0.3 is 0 Å². The number of amides is 2. The van der Waals surface area contributed by atoms with Crippen LogP contribution in [0.15, 0.2) is 30.5 Å². The van der Waals surface area contributed by atoms with Gasteiger partial charge in [-0.2, -0.15) is 5.26 Å². The molecule has 1 aromatic heterocycles. The van der Waals surface area contributed by atoms with Crippen LogP contribution >= 0.6 is 0 Å². The van der Waals surface area contributed by atoms with Crippen molar-refractivity contribution in [1.29, 1.82) is 5.26 Å². The average Bonchev–Trinajstić information content (AvgIpc) is 3.21. The lowest BCUT2D eigenvalue weighted by Crippen LogP contribution is -2.46. The Bertz CT molecular complexity index is 1050. The van der Waals surface area contributed by atoms with Gasteiger partial charge in [-0.3, -0.25) is 19.5 Å². The largest absolute Gasteiger partial charge is 0.382 e. The van der Waals surface area contributed by atoms with Gasteiger partial charge < -0.3 is 15.5 Å². The Balaban J connectivity index is 1.37. The van der Waals surface area contributed by atoms with Gasteiger partial charge in [-0.15, -0.1) is 0 Å². The Hall–Kier alpha value is -3.25. The van der Waals surface area contributed by atoms with E-state index in [2.05, 4.69) is 20.5 Å². The number of carbonyl (C=O) groups is 2. The molecule has 1 aromatic carbocycles. The van der Waals surface area contributed by atoms with E-state index in [1.807, 2.05) is 24.3 Å². The topological polar surface area (TPSA) is 101 Å². The third kappa shape index (κ3) is 4.50. The lowest BCUT2D eigenvalue weighted by Gasteiger charge is -2.33. The predicted octanol–water partition coefficient (Wildman–Crippen LogP) is 1.93. The lowest BCUT2D eigenvalue weighted by molar-refractivity contribution is -0.132. The van der Waals surface area contributed by atoms with E-state index >= 15 is 0 Å². The van der Waals surface area contributed by atoms with Crippen molar-refractivity contribution in [2.45, 2.75) is 37.5 Å². The number of anilines is 1. The number of carbonyl (C=O) groups excluding carboxylic acids is 2. The van der Waals surface area contributed by atoms with Gasteiger partial charge in [0.15, 0.2) is 0 Å². The molecule has 1 unspecified atom stereocenters. The summed E-state index contributed by atoms with van der Waals surface area (Å²) in [4.78, 5) is 32.6. The van der Waals surface area contributed by atoms with Crippen molar-refractivity contribution in [3.05, 3.63) is 36.0 Å². The number of nitrogens with zero attached hydrogens (tertiary/aromatic N) is 4. The van der Waals surface area contributed by atoms with Crippen LogP contribution in [0.25, 0.3) is 10.9 Å². The zero-order valence-electron chi connectivity index (χ0n) is 18.1. The number of pyridine rings is 1. The second-order valence-electron chi connectivity index (χ2n) is 8.36. The van der Waals surface area contributed by atoms with E-state index in [-0.39, 0.29) is 37.4 Å². The monoisotopic (exact) mass is 438 g/mol. The maximum Gasteiger partial charge on any atom is 0.253 e. The molecular weight excluding hydrogens is 411 g/mol. The molecule has 32 heavy (non-hydrogen) atoms. The number of nitrogens with one attached hydrogen (secondary N) is 2. The minimum atomic E-state index is -1.11. The first-order valence-corrected chi connectivity index (χ1v) is 10.9. The summed E-state index contributed by atoms with van der Waals surface area (Å²) in [7, 11) is 1.60. The molecule has 2 amide bonds. The van der Waals surface area contributed by atoms with E-state index in [0.29, 0.717) is 11.1 Å². The Kier molecular flexibility index (Phi) is 6.51.